The molecule has 0 aliphatic carbocycles. The Bertz CT molecular complexity index is 863. The molecule has 0 aromatic heterocycles. The molecule has 5 nitrogen and oxygen atoms in total. The summed E-state index contributed by atoms with van der Waals surface area (Å²) in [6, 6.07) is 12.6. The molecule has 0 bridgehead atoms. The second-order valence-corrected chi connectivity index (χ2v) is 8.11. The summed E-state index contributed by atoms with van der Waals surface area (Å²) in [4.78, 5) is 27.9. The minimum Gasteiger partial charge on any atom is -0.493 e. The van der Waals surface area contributed by atoms with Gasteiger partial charge in [0.1, 0.15) is 5.75 Å². The molecule has 0 atom stereocenters. The standard InChI is InChI=1S/C23H27BrN2O3/c1-2-3-15-29-21-12-11-17(24)16-19(21)22(27)25-20-10-6-5-9-18(20)23(28)26-13-7-4-8-14-26/h5-6,9-12,16H,2-4,7-8,13-15H2,1H3,(H,25,27). The van der Waals surface area contributed by atoms with Crippen molar-refractivity contribution in [3.63, 3.8) is 0 Å². The van der Waals surface area contributed by atoms with E-state index in [4.69, 9.17) is 4.74 Å². The second kappa shape index (κ2) is 10.4. The molecule has 2 amide bonds. The predicted molar refractivity (Wildman–Crippen MR) is 119 cm³/mol. The van der Waals surface area contributed by atoms with Gasteiger partial charge in [-0.1, -0.05) is 41.4 Å². The van der Waals surface area contributed by atoms with Crippen LogP contribution in [-0.4, -0.2) is 36.4 Å². The van der Waals surface area contributed by atoms with Gasteiger partial charge in [0.2, 0.25) is 0 Å². The van der Waals surface area contributed by atoms with Crippen molar-refractivity contribution in [2.45, 2.75) is 39.0 Å². The van der Waals surface area contributed by atoms with Gasteiger partial charge < -0.3 is 15.0 Å². The number of amides is 2. The Morgan fingerprint density at radius 2 is 1.83 bits per heavy atom. The molecule has 29 heavy (non-hydrogen) atoms. The first-order valence-electron chi connectivity index (χ1n) is 10.2. The predicted octanol–water partition coefficient (Wildman–Crippen LogP) is 5.51. The summed E-state index contributed by atoms with van der Waals surface area (Å²) < 4.78 is 6.60. The number of anilines is 1. The highest BCUT2D eigenvalue weighted by molar-refractivity contribution is 9.10. The van der Waals surface area contributed by atoms with Crippen LogP contribution in [0, 0.1) is 0 Å². The fraction of sp³-hybridized carbons (Fsp3) is 0.391. The monoisotopic (exact) mass is 458 g/mol. The van der Waals surface area contributed by atoms with Crippen LogP contribution in [0.2, 0.25) is 0 Å². The van der Waals surface area contributed by atoms with Gasteiger partial charge in [0, 0.05) is 17.6 Å². The molecule has 1 N–H and O–H groups in total. The first-order chi connectivity index (χ1) is 14.1. The molecule has 0 radical (unpaired) electrons. The summed E-state index contributed by atoms with van der Waals surface area (Å²) >= 11 is 3.43. The number of para-hydroxylation sites is 1. The van der Waals surface area contributed by atoms with E-state index in [0.29, 0.717) is 29.2 Å². The lowest BCUT2D eigenvalue weighted by atomic mass is 10.1. The SMILES string of the molecule is CCCCOc1ccc(Br)cc1C(=O)Nc1ccccc1C(=O)N1CCCCC1. The minimum atomic E-state index is -0.295. The maximum Gasteiger partial charge on any atom is 0.259 e. The Morgan fingerprint density at radius 3 is 2.59 bits per heavy atom. The Balaban J connectivity index is 1.81. The molecule has 2 aromatic rings. The number of piperidine rings is 1. The van der Waals surface area contributed by atoms with Gasteiger partial charge >= 0.3 is 0 Å². The van der Waals surface area contributed by atoms with Gasteiger partial charge in [-0.25, -0.2) is 0 Å². The third kappa shape index (κ3) is 5.60. The van der Waals surface area contributed by atoms with E-state index in [1.807, 2.05) is 23.1 Å². The van der Waals surface area contributed by atoms with Gasteiger partial charge in [-0.15, -0.1) is 0 Å². The van der Waals surface area contributed by atoms with Crippen LogP contribution in [0.4, 0.5) is 5.69 Å². The van der Waals surface area contributed by atoms with Crippen LogP contribution in [0.3, 0.4) is 0 Å². The van der Waals surface area contributed by atoms with Crippen molar-refractivity contribution >= 4 is 33.4 Å². The maximum atomic E-state index is 13.0. The van der Waals surface area contributed by atoms with Crippen molar-refractivity contribution in [1.82, 2.24) is 4.90 Å². The molecule has 0 unspecified atom stereocenters. The van der Waals surface area contributed by atoms with Crippen molar-refractivity contribution < 1.29 is 14.3 Å². The fourth-order valence-electron chi connectivity index (χ4n) is 3.37. The number of nitrogens with zero attached hydrogens (tertiary/aromatic N) is 1. The zero-order chi connectivity index (χ0) is 20.6. The number of halogens is 1. The van der Waals surface area contributed by atoms with Crippen LogP contribution in [0.15, 0.2) is 46.9 Å². The normalized spacial score (nSPS) is 13.8. The second-order valence-electron chi connectivity index (χ2n) is 7.20. The first kappa shape index (κ1) is 21.4. The van der Waals surface area contributed by atoms with Crippen LogP contribution in [0.25, 0.3) is 0 Å². The molecule has 1 saturated heterocycles. The largest absolute Gasteiger partial charge is 0.493 e. The number of unbranched alkanes of at least 4 members (excludes halogenated alkanes) is 1. The molecule has 1 aliphatic rings. The van der Waals surface area contributed by atoms with Crippen molar-refractivity contribution in [1.29, 1.82) is 0 Å². The molecule has 3 rings (SSSR count). The molecular weight excluding hydrogens is 432 g/mol. The van der Waals surface area contributed by atoms with Crippen molar-refractivity contribution in [3.05, 3.63) is 58.1 Å². The Hall–Kier alpha value is -2.34. The molecule has 2 aromatic carbocycles. The van der Waals surface area contributed by atoms with Gasteiger partial charge in [-0.05, 0) is 56.0 Å². The lowest BCUT2D eigenvalue weighted by Gasteiger charge is -2.27. The third-order valence-corrected chi connectivity index (χ3v) is 5.48. The summed E-state index contributed by atoms with van der Waals surface area (Å²) in [5.41, 5.74) is 1.48. The summed E-state index contributed by atoms with van der Waals surface area (Å²) in [7, 11) is 0. The van der Waals surface area contributed by atoms with E-state index < -0.39 is 0 Å². The van der Waals surface area contributed by atoms with Crippen molar-refractivity contribution in [2.24, 2.45) is 0 Å². The van der Waals surface area contributed by atoms with E-state index in [-0.39, 0.29) is 11.8 Å². The number of likely N-dealkylation sites (tertiary alicyclic amines) is 1. The zero-order valence-electron chi connectivity index (χ0n) is 16.7. The van der Waals surface area contributed by atoms with E-state index in [0.717, 1.165) is 49.7 Å². The number of ether oxygens (including phenoxy) is 1. The van der Waals surface area contributed by atoms with E-state index in [1.54, 1.807) is 24.3 Å². The van der Waals surface area contributed by atoms with Crippen LogP contribution in [0.5, 0.6) is 5.75 Å². The Kier molecular flexibility index (Phi) is 7.69. The lowest BCUT2D eigenvalue weighted by Crippen LogP contribution is -2.36. The van der Waals surface area contributed by atoms with E-state index >= 15 is 0 Å². The number of hydrogen-bond donors (Lipinski definition) is 1. The highest BCUT2D eigenvalue weighted by Gasteiger charge is 2.22. The molecule has 0 spiro atoms. The fourth-order valence-corrected chi connectivity index (χ4v) is 3.73. The summed E-state index contributed by atoms with van der Waals surface area (Å²) in [5.74, 6) is 0.213. The number of rotatable bonds is 7. The van der Waals surface area contributed by atoms with Crippen LogP contribution in [-0.2, 0) is 0 Å². The zero-order valence-corrected chi connectivity index (χ0v) is 18.3. The maximum absolute atomic E-state index is 13.0. The van der Waals surface area contributed by atoms with Crippen LogP contribution >= 0.6 is 15.9 Å². The molecule has 1 aliphatic heterocycles. The van der Waals surface area contributed by atoms with E-state index in [1.165, 1.54) is 0 Å². The van der Waals surface area contributed by atoms with E-state index in [9.17, 15) is 9.59 Å². The quantitative estimate of drug-likeness (QED) is 0.556. The Labute approximate surface area is 180 Å². The lowest BCUT2D eigenvalue weighted by molar-refractivity contribution is 0.0725. The molecular formula is C23H27BrN2O3. The topological polar surface area (TPSA) is 58.6 Å². The number of hydrogen-bond acceptors (Lipinski definition) is 3. The minimum absolute atomic E-state index is 0.0331. The highest BCUT2D eigenvalue weighted by atomic mass is 79.9. The Morgan fingerprint density at radius 1 is 1.07 bits per heavy atom. The first-order valence-corrected chi connectivity index (χ1v) is 11.0. The van der Waals surface area contributed by atoms with Crippen LogP contribution in [0.1, 0.15) is 59.7 Å². The summed E-state index contributed by atoms with van der Waals surface area (Å²) in [6.07, 6.45) is 5.15. The van der Waals surface area contributed by atoms with Gasteiger partial charge in [-0.3, -0.25) is 9.59 Å². The average Bonchev–Trinajstić information content (AvgIpc) is 2.75. The number of nitrogens with one attached hydrogen (secondary N) is 1. The number of carbonyl (C=O) groups excluding carboxylic acids is 2. The summed E-state index contributed by atoms with van der Waals surface area (Å²) in [5, 5.41) is 2.92. The third-order valence-electron chi connectivity index (χ3n) is 4.99. The molecule has 1 heterocycles. The van der Waals surface area contributed by atoms with Gasteiger partial charge in [0.15, 0.2) is 0 Å². The molecule has 154 valence electrons. The van der Waals surface area contributed by atoms with Gasteiger partial charge in [-0.2, -0.15) is 0 Å². The number of benzene rings is 2. The van der Waals surface area contributed by atoms with Crippen LogP contribution < -0.4 is 10.1 Å². The smallest absolute Gasteiger partial charge is 0.259 e. The molecule has 6 heteroatoms. The van der Waals surface area contributed by atoms with Gasteiger partial charge in [0.25, 0.3) is 11.8 Å². The van der Waals surface area contributed by atoms with Crippen molar-refractivity contribution in [2.75, 3.05) is 25.0 Å². The highest BCUT2D eigenvalue weighted by Crippen LogP contribution is 2.26. The van der Waals surface area contributed by atoms with Crippen molar-refractivity contribution in [3.8, 4) is 5.75 Å². The van der Waals surface area contributed by atoms with E-state index in [2.05, 4.69) is 28.2 Å². The average molecular weight is 459 g/mol. The summed E-state index contributed by atoms with van der Waals surface area (Å²) in [6.45, 7) is 4.18. The molecule has 0 saturated carbocycles. The number of carbonyl (C=O) groups is 2. The molecule has 1 fully saturated rings. The van der Waals surface area contributed by atoms with Gasteiger partial charge in [0.05, 0.1) is 23.4 Å².